The normalized spacial score (nSPS) is 17.8. The van der Waals surface area contributed by atoms with Crippen molar-refractivity contribution in [1.29, 1.82) is 0 Å². The van der Waals surface area contributed by atoms with Crippen LogP contribution < -0.4 is 0 Å². The third-order valence-electron chi connectivity index (χ3n) is 9.08. The number of likely N-dealkylation sites (N-methyl/N-ethyl adjacent to an activating group) is 1. The molecule has 0 aromatic carbocycles. The van der Waals surface area contributed by atoms with Gasteiger partial charge in [-0.3, -0.25) is 18.6 Å². The first kappa shape index (κ1) is 49.2. The molecular formula is C42H77NO9P+. The van der Waals surface area contributed by atoms with E-state index >= 15 is 0 Å². The van der Waals surface area contributed by atoms with Gasteiger partial charge in [0.05, 0.1) is 40.0 Å². The van der Waals surface area contributed by atoms with Gasteiger partial charge in [-0.15, -0.1) is 0 Å². The van der Waals surface area contributed by atoms with Crippen LogP contribution in [0.5, 0.6) is 0 Å². The van der Waals surface area contributed by atoms with Crippen molar-refractivity contribution in [1.82, 2.24) is 0 Å². The highest BCUT2D eigenvalue weighted by atomic mass is 31.2. The Kier molecular flexibility index (Phi) is 29.2. The number of epoxide rings is 1. The van der Waals surface area contributed by atoms with E-state index in [0.29, 0.717) is 36.1 Å². The van der Waals surface area contributed by atoms with Gasteiger partial charge in [0, 0.05) is 12.8 Å². The number of carbonyl (C=O) groups excluding carboxylic acids is 2. The van der Waals surface area contributed by atoms with Crippen molar-refractivity contribution in [2.45, 2.75) is 173 Å². The molecule has 1 aliphatic rings. The van der Waals surface area contributed by atoms with Crippen molar-refractivity contribution in [3.05, 3.63) is 36.5 Å². The fraction of sp³-hybridized carbons (Fsp3) is 0.810. The maximum Gasteiger partial charge on any atom is 0.472 e. The maximum atomic E-state index is 12.7. The van der Waals surface area contributed by atoms with Crippen molar-refractivity contribution in [2.75, 3.05) is 47.5 Å². The Bertz CT molecular complexity index is 1070. The number of rotatable bonds is 36. The lowest BCUT2D eigenvalue weighted by molar-refractivity contribution is -0.870. The number of phosphoric acid groups is 1. The van der Waals surface area contributed by atoms with Gasteiger partial charge in [-0.2, -0.15) is 0 Å². The summed E-state index contributed by atoms with van der Waals surface area (Å²) >= 11 is 0. The van der Waals surface area contributed by atoms with Crippen molar-refractivity contribution in [3.63, 3.8) is 0 Å². The molecule has 11 heteroatoms. The molecule has 1 rings (SSSR count). The first-order valence-corrected chi connectivity index (χ1v) is 22.3. The third kappa shape index (κ3) is 32.2. The zero-order valence-electron chi connectivity index (χ0n) is 34.2. The van der Waals surface area contributed by atoms with E-state index in [1.54, 1.807) is 0 Å². The number of hydrogen-bond donors (Lipinski definition) is 1. The van der Waals surface area contributed by atoms with Crippen LogP contribution in [0.1, 0.15) is 155 Å². The van der Waals surface area contributed by atoms with Crippen LogP contribution in [-0.2, 0) is 37.4 Å². The second-order valence-corrected chi connectivity index (χ2v) is 16.9. The molecule has 0 spiro atoms. The molecule has 1 fully saturated rings. The lowest BCUT2D eigenvalue weighted by Gasteiger charge is -2.24. The molecule has 3 unspecified atom stereocenters. The van der Waals surface area contributed by atoms with Crippen molar-refractivity contribution >= 4 is 19.8 Å². The first-order valence-electron chi connectivity index (χ1n) is 20.8. The number of allylic oxidation sites excluding steroid dienone is 4. The largest absolute Gasteiger partial charge is 0.472 e. The van der Waals surface area contributed by atoms with E-state index in [2.05, 4.69) is 44.2 Å². The number of hydrogen-bond acceptors (Lipinski definition) is 8. The molecule has 0 saturated carbocycles. The molecule has 0 aromatic rings. The molecule has 10 nitrogen and oxygen atoms in total. The molecule has 0 bridgehead atoms. The number of unbranched alkanes of at least 4 members (excludes halogenated alkanes) is 14. The summed E-state index contributed by atoms with van der Waals surface area (Å²) in [5, 5.41) is 0. The zero-order valence-corrected chi connectivity index (χ0v) is 35.1. The average molecular weight is 771 g/mol. The summed E-state index contributed by atoms with van der Waals surface area (Å²) in [5.41, 5.74) is 0. The van der Waals surface area contributed by atoms with Gasteiger partial charge in [0.15, 0.2) is 6.10 Å². The molecule has 1 N–H and O–H groups in total. The number of esters is 2. The summed E-state index contributed by atoms with van der Waals surface area (Å²) in [7, 11) is 1.43. The molecule has 53 heavy (non-hydrogen) atoms. The zero-order chi connectivity index (χ0) is 39.0. The second kappa shape index (κ2) is 31.4. The Morgan fingerprint density at radius 1 is 0.679 bits per heavy atom. The lowest BCUT2D eigenvalue weighted by atomic mass is 10.1. The highest BCUT2D eigenvalue weighted by Crippen LogP contribution is 2.43. The van der Waals surface area contributed by atoms with E-state index in [4.69, 9.17) is 23.3 Å². The van der Waals surface area contributed by atoms with Crippen LogP contribution >= 0.6 is 7.82 Å². The second-order valence-electron chi connectivity index (χ2n) is 15.4. The Hall–Kier alpha value is -1.81. The predicted octanol–water partition coefficient (Wildman–Crippen LogP) is 10.3. The number of nitrogens with zero attached hydrogens (tertiary/aromatic N) is 1. The highest BCUT2D eigenvalue weighted by molar-refractivity contribution is 7.47. The maximum absolute atomic E-state index is 12.7. The van der Waals surface area contributed by atoms with Gasteiger partial charge in [0.1, 0.15) is 19.8 Å². The Labute approximate surface area is 323 Å². The molecule has 1 aliphatic heterocycles. The molecule has 0 aromatic heterocycles. The number of carbonyl (C=O) groups is 2. The number of quaternary nitrogens is 1. The van der Waals surface area contributed by atoms with E-state index in [-0.39, 0.29) is 32.0 Å². The van der Waals surface area contributed by atoms with Crippen LogP contribution in [0.25, 0.3) is 0 Å². The van der Waals surface area contributed by atoms with Crippen LogP contribution in [0, 0.1) is 0 Å². The van der Waals surface area contributed by atoms with Gasteiger partial charge < -0.3 is 23.6 Å². The number of phosphoric ester groups is 1. The lowest BCUT2D eigenvalue weighted by Crippen LogP contribution is -2.37. The van der Waals surface area contributed by atoms with Crippen molar-refractivity contribution in [3.8, 4) is 0 Å². The molecule has 308 valence electrons. The Balaban J connectivity index is 2.35. The minimum Gasteiger partial charge on any atom is -0.462 e. The monoisotopic (exact) mass is 771 g/mol. The SMILES string of the molecule is CCCCC/C=C\CC1OC1C/C=C\C/C=C\CCCC(=O)O[C@H](COC(=O)CCCCCCCCCCCCC)COP(=O)(O)OCC[N+](C)(C)C. The summed E-state index contributed by atoms with van der Waals surface area (Å²) in [6.45, 7) is 4.30. The predicted molar refractivity (Wildman–Crippen MR) is 214 cm³/mol. The van der Waals surface area contributed by atoms with Gasteiger partial charge in [0.2, 0.25) is 0 Å². The molecule has 0 aliphatic carbocycles. The minimum atomic E-state index is -4.39. The van der Waals surface area contributed by atoms with E-state index in [9.17, 15) is 19.0 Å². The first-order chi connectivity index (χ1) is 25.5. The fourth-order valence-corrected chi connectivity index (χ4v) is 6.38. The van der Waals surface area contributed by atoms with Gasteiger partial charge >= 0.3 is 19.8 Å². The van der Waals surface area contributed by atoms with E-state index in [0.717, 1.165) is 44.9 Å². The smallest absolute Gasteiger partial charge is 0.462 e. The van der Waals surface area contributed by atoms with Crippen molar-refractivity contribution < 1.29 is 46.8 Å². The summed E-state index contributed by atoms with van der Waals surface area (Å²) in [5.74, 6) is -0.871. The molecular weight excluding hydrogens is 693 g/mol. The summed E-state index contributed by atoms with van der Waals surface area (Å²) in [6.07, 6.45) is 35.1. The molecule has 0 radical (unpaired) electrons. The fourth-order valence-electron chi connectivity index (χ4n) is 5.63. The van der Waals surface area contributed by atoms with Crippen LogP contribution in [0.2, 0.25) is 0 Å². The van der Waals surface area contributed by atoms with Crippen molar-refractivity contribution in [2.24, 2.45) is 0 Å². The Morgan fingerprint density at radius 3 is 1.85 bits per heavy atom. The van der Waals surface area contributed by atoms with Gasteiger partial charge in [-0.05, 0) is 51.4 Å². The van der Waals surface area contributed by atoms with Gasteiger partial charge in [-0.25, -0.2) is 4.57 Å². The highest BCUT2D eigenvalue weighted by Gasteiger charge is 2.36. The van der Waals surface area contributed by atoms with Crippen LogP contribution in [0.15, 0.2) is 36.5 Å². The van der Waals surface area contributed by atoms with Crippen LogP contribution in [0.3, 0.4) is 0 Å². The topological polar surface area (TPSA) is 121 Å². The van der Waals surface area contributed by atoms with Gasteiger partial charge in [0.25, 0.3) is 0 Å². The van der Waals surface area contributed by atoms with Crippen LogP contribution in [0.4, 0.5) is 0 Å². The molecule has 1 saturated heterocycles. The summed E-state index contributed by atoms with van der Waals surface area (Å²) < 4.78 is 39.9. The molecule has 4 atom stereocenters. The van der Waals surface area contributed by atoms with E-state index in [1.807, 2.05) is 27.2 Å². The molecule has 1 heterocycles. The van der Waals surface area contributed by atoms with Crippen LogP contribution in [-0.4, -0.2) is 87.1 Å². The quantitative estimate of drug-likeness (QED) is 0.0166. The minimum absolute atomic E-state index is 0.0194. The summed E-state index contributed by atoms with van der Waals surface area (Å²) in [6, 6.07) is 0. The van der Waals surface area contributed by atoms with E-state index < -0.39 is 26.5 Å². The Morgan fingerprint density at radius 2 is 1.21 bits per heavy atom. The standard InChI is InChI=1S/C42H76NO9P/c1-6-8-10-12-14-15-16-17-20-24-28-32-41(44)48-36-38(37-50-53(46,47)49-35-34-43(3,4)5)51-42(45)33-29-25-21-18-19-23-27-31-40-39(52-40)30-26-22-13-11-9-7-2/h18,21-23,26-27,38-40H,6-17,19-20,24-25,28-37H2,1-5H3/p+1/b21-18-,26-22-,27-23-/t38-,39?,40?/m1/s1. The third-order valence-corrected chi connectivity index (χ3v) is 10.1. The van der Waals surface area contributed by atoms with Gasteiger partial charge in [-0.1, -0.05) is 127 Å². The van der Waals surface area contributed by atoms with E-state index in [1.165, 1.54) is 70.6 Å². The summed E-state index contributed by atoms with van der Waals surface area (Å²) in [4.78, 5) is 35.2. The number of ether oxygens (including phenoxy) is 3. The average Bonchev–Trinajstić information content (AvgIpc) is 3.86. The molecule has 0 amide bonds.